The van der Waals surface area contributed by atoms with Gasteiger partial charge in [0, 0.05) is 43.0 Å². The first-order valence-electron chi connectivity index (χ1n) is 8.98. The van der Waals surface area contributed by atoms with Crippen molar-refractivity contribution in [3.8, 4) is 0 Å². The van der Waals surface area contributed by atoms with Crippen LogP contribution in [0.25, 0.3) is 0 Å². The van der Waals surface area contributed by atoms with Crippen LogP contribution in [-0.2, 0) is 12.8 Å². The Hall–Kier alpha value is -2.54. The van der Waals surface area contributed by atoms with Crippen molar-refractivity contribution in [1.82, 2.24) is 20.0 Å². The van der Waals surface area contributed by atoms with E-state index in [1.165, 1.54) is 24.3 Å². The molecule has 0 bridgehead atoms. The van der Waals surface area contributed by atoms with E-state index in [1.54, 1.807) is 0 Å². The van der Waals surface area contributed by atoms with Gasteiger partial charge in [0.2, 0.25) is 0 Å². The summed E-state index contributed by atoms with van der Waals surface area (Å²) in [5.74, 6) is -0.401. The maximum Gasteiger partial charge on any atom is 0.274 e. The van der Waals surface area contributed by atoms with Gasteiger partial charge >= 0.3 is 0 Å². The van der Waals surface area contributed by atoms with E-state index in [4.69, 9.17) is 0 Å². The van der Waals surface area contributed by atoms with Crippen LogP contribution in [0.1, 0.15) is 38.5 Å². The number of aromatic nitrogens is 2. The van der Waals surface area contributed by atoms with E-state index < -0.39 is 0 Å². The van der Waals surface area contributed by atoms with E-state index in [1.807, 2.05) is 9.80 Å². The molecule has 1 N–H and O–H groups in total. The zero-order valence-electron chi connectivity index (χ0n) is 14.5. The van der Waals surface area contributed by atoms with Gasteiger partial charge in [-0.2, -0.15) is 5.10 Å². The number of H-pyrrole nitrogens is 1. The fraction of sp³-hybridized carbons (Fsp3) is 0.421. The Balaban J connectivity index is 1.33. The van der Waals surface area contributed by atoms with E-state index in [0.717, 1.165) is 30.5 Å². The van der Waals surface area contributed by atoms with Crippen molar-refractivity contribution in [3.05, 3.63) is 52.6 Å². The second kappa shape index (κ2) is 6.99. The van der Waals surface area contributed by atoms with Crippen LogP contribution in [-0.4, -0.2) is 64.4 Å². The Morgan fingerprint density at radius 1 is 1.08 bits per heavy atom. The molecule has 1 aliphatic heterocycles. The highest BCUT2D eigenvalue weighted by molar-refractivity contribution is 5.97. The highest BCUT2D eigenvalue weighted by Crippen LogP contribution is 2.24. The molecule has 2 heterocycles. The van der Waals surface area contributed by atoms with Crippen LogP contribution in [0.3, 0.4) is 0 Å². The first-order chi connectivity index (χ1) is 12.6. The minimum atomic E-state index is -0.349. The zero-order chi connectivity index (χ0) is 18.1. The summed E-state index contributed by atoms with van der Waals surface area (Å²) >= 11 is 0. The summed E-state index contributed by atoms with van der Waals surface area (Å²) < 4.78 is 13.0. The summed E-state index contributed by atoms with van der Waals surface area (Å²) in [7, 11) is 0. The molecule has 136 valence electrons. The molecule has 26 heavy (non-hydrogen) atoms. The lowest BCUT2D eigenvalue weighted by molar-refractivity contribution is 0.0618. The highest BCUT2D eigenvalue weighted by atomic mass is 19.1. The number of hydrogen-bond donors (Lipinski definition) is 1. The fourth-order valence-corrected chi connectivity index (χ4v) is 3.69. The molecule has 0 radical (unpaired) electrons. The number of rotatable bonds is 4. The molecule has 1 aromatic carbocycles. The van der Waals surface area contributed by atoms with Crippen LogP contribution in [0.4, 0.5) is 4.39 Å². The maximum absolute atomic E-state index is 13.0. The van der Waals surface area contributed by atoms with E-state index in [0.29, 0.717) is 37.4 Å². The summed E-state index contributed by atoms with van der Waals surface area (Å²) in [5.41, 5.74) is 3.24. The number of fused-ring (bicyclic) bond motifs is 1. The highest BCUT2D eigenvalue weighted by Gasteiger charge is 2.29. The normalized spacial score (nSPS) is 17.3. The van der Waals surface area contributed by atoms with Gasteiger partial charge in [0.15, 0.2) is 11.5 Å². The number of amides is 1. The first kappa shape index (κ1) is 16.9. The molecule has 2 aromatic rings. The van der Waals surface area contributed by atoms with Crippen molar-refractivity contribution in [2.24, 2.45) is 0 Å². The van der Waals surface area contributed by atoms with Gasteiger partial charge < -0.3 is 4.90 Å². The molecule has 1 fully saturated rings. The SMILES string of the molecule is O=C(CN1CCN(C(=O)c2n[nH]c3c2CCC3)CC1)c1ccc(F)cc1. The largest absolute Gasteiger partial charge is 0.335 e. The number of hydrogen-bond acceptors (Lipinski definition) is 4. The van der Waals surface area contributed by atoms with Gasteiger partial charge in [-0.25, -0.2) is 4.39 Å². The lowest BCUT2D eigenvalue weighted by Gasteiger charge is -2.34. The Bertz CT molecular complexity index is 823. The zero-order valence-corrected chi connectivity index (χ0v) is 14.5. The number of Topliss-reactive ketones (excluding diaryl/α,β-unsaturated/α-hetero) is 1. The fourth-order valence-electron chi connectivity index (χ4n) is 3.69. The van der Waals surface area contributed by atoms with Crippen LogP contribution < -0.4 is 0 Å². The van der Waals surface area contributed by atoms with E-state index in [-0.39, 0.29) is 24.1 Å². The predicted octanol–water partition coefficient (Wildman–Crippen LogP) is 1.68. The Morgan fingerprint density at radius 2 is 1.81 bits per heavy atom. The Kier molecular flexibility index (Phi) is 4.55. The molecule has 7 heteroatoms. The minimum absolute atomic E-state index is 0.0195. The van der Waals surface area contributed by atoms with Crippen molar-refractivity contribution in [2.45, 2.75) is 19.3 Å². The number of aromatic amines is 1. The summed E-state index contributed by atoms with van der Waals surface area (Å²) in [6.45, 7) is 2.73. The molecule has 0 spiro atoms. The van der Waals surface area contributed by atoms with E-state index in [9.17, 15) is 14.0 Å². The molecule has 1 aliphatic carbocycles. The topological polar surface area (TPSA) is 69.3 Å². The van der Waals surface area contributed by atoms with Gasteiger partial charge in [0.05, 0.1) is 6.54 Å². The number of carbonyl (C=O) groups is 2. The maximum atomic E-state index is 13.0. The number of halogens is 1. The van der Waals surface area contributed by atoms with Crippen LogP contribution >= 0.6 is 0 Å². The molecule has 1 amide bonds. The molecule has 0 unspecified atom stereocenters. The summed E-state index contributed by atoms with van der Waals surface area (Å²) in [6.07, 6.45) is 2.96. The van der Waals surface area contributed by atoms with E-state index in [2.05, 4.69) is 10.2 Å². The lowest BCUT2D eigenvalue weighted by Crippen LogP contribution is -2.50. The molecule has 2 aliphatic rings. The quantitative estimate of drug-likeness (QED) is 0.847. The molecule has 0 saturated carbocycles. The Morgan fingerprint density at radius 3 is 2.54 bits per heavy atom. The third-order valence-corrected chi connectivity index (χ3v) is 5.20. The predicted molar refractivity (Wildman–Crippen MR) is 93.7 cm³/mol. The van der Waals surface area contributed by atoms with Crippen LogP contribution in [0.2, 0.25) is 0 Å². The summed E-state index contributed by atoms with van der Waals surface area (Å²) in [4.78, 5) is 28.9. The molecule has 1 saturated heterocycles. The van der Waals surface area contributed by atoms with Crippen molar-refractivity contribution >= 4 is 11.7 Å². The third-order valence-electron chi connectivity index (χ3n) is 5.20. The molecule has 1 aromatic heterocycles. The lowest BCUT2D eigenvalue weighted by atomic mass is 10.1. The summed E-state index contributed by atoms with van der Waals surface area (Å²) in [5, 5.41) is 7.20. The average Bonchev–Trinajstić information content (AvgIpc) is 3.26. The average molecular weight is 356 g/mol. The van der Waals surface area contributed by atoms with Crippen LogP contribution in [0.15, 0.2) is 24.3 Å². The molecule has 4 rings (SSSR count). The number of benzene rings is 1. The van der Waals surface area contributed by atoms with Gasteiger partial charge in [-0.3, -0.25) is 19.6 Å². The van der Waals surface area contributed by atoms with Gasteiger partial charge in [-0.15, -0.1) is 0 Å². The monoisotopic (exact) mass is 356 g/mol. The number of nitrogens with one attached hydrogen (secondary N) is 1. The molecular weight excluding hydrogens is 335 g/mol. The number of ketones is 1. The minimum Gasteiger partial charge on any atom is -0.335 e. The van der Waals surface area contributed by atoms with E-state index >= 15 is 0 Å². The van der Waals surface area contributed by atoms with Crippen LogP contribution in [0, 0.1) is 5.82 Å². The second-order valence-corrected chi connectivity index (χ2v) is 6.88. The molecular formula is C19H21FN4O2. The van der Waals surface area contributed by atoms with Gasteiger partial charge in [-0.1, -0.05) is 0 Å². The summed E-state index contributed by atoms with van der Waals surface area (Å²) in [6, 6.07) is 5.61. The van der Waals surface area contributed by atoms with Crippen molar-refractivity contribution < 1.29 is 14.0 Å². The molecule has 6 nitrogen and oxygen atoms in total. The smallest absolute Gasteiger partial charge is 0.274 e. The van der Waals surface area contributed by atoms with Crippen molar-refractivity contribution in [3.63, 3.8) is 0 Å². The van der Waals surface area contributed by atoms with Crippen molar-refractivity contribution in [2.75, 3.05) is 32.7 Å². The van der Waals surface area contributed by atoms with Gasteiger partial charge in [-0.05, 0) is 43.5 Å². The molecule has 0 atom stereocenters. The Labute approximate surface area is 151 Å². The number of nitrogens with zero attached hydrogens (tertiary/aromatic N) is 3. The number of piperazine rings is 1. The van der Waals surface area contributed by atoms with Crippen LogP contribution in [0.5, 0.6) is 0 Å². The number of carbonyl (C=O) groups excluding carboxylic acids is 2. The third kappa shape index (κ3) is 3.26. The first-order valence-corrected chi connectivity index (χ1v) is 8.98. The second-order valence-electron chi connectivity index (χ2n) is 6.88. The van der Waals surface area contributed by atoms with Crippen molar-refractivity contribution in [1.29, 1.82) is 0 Å². The standard InChI is InChI=1S/C19H21FN4O2/c20-14-6-4-13(5-7-14)17(25)12-23-8-10-24(11-9-23)19(26)18-15-2-1-3-16(15)21-22-18/h4-7H,1-3,8-12H2,(H,21,22). The number of aryl methyl sites for hydroxylation is 1. The van der Waals surface area contributed by atoms with Gasteiger partial charge in [0.1, 0.15) is 5.82 Å². The van der Waals surface area contributed by atoms with Gasteiger partial charge in [0.25, 0.3) is 5.91 Å².